The third-order valence-corrected chi connectivity index (χ3v) is 7.10. The quantitative estimate of drug-likeness (QED) is 0.579. The van der Waals surface area contributed by atoms with Crippen molar-refractivity contribution in [3.8, 4) is 0 Å². The molecule has 1 aliphatic rings. The summed E-state index contributed by atoms with van der Waals surface area (Å²) in [6.07, 6.45) is -0.948. The molecule has 1 fully saturated rings. The zero-order valence-corrected chi connectivity index (χ0v) is 14.7. The van der Waals surface area contributed by atoms with Gasteiger partial charge in [0.1, 0.15) is 0 Å². The number of aryl methyl sites for hydroxylation is 2. The van der Waals surface area contributed by atoms with Crippen molar-refractivity contribution >= 4 is 19.9 Å². The van der Waals surface area contributed by atoms with Gasteiger partial charge in [-0.15, -0.1) is 0 Å². The Kier molecular flexibility index (Phi) is 5.47. The van der Waals surface area contributed by atoms with E-state index >= 15 is 0 Å². The van der Waals surface area contributed by atoms with Crippen molar-refractivity contribution in [2.75, 3.05) is 24.6 Å². The Morgan fingerprint density at radius 1 is 1.22 bits per heavy atom. The molecule has 0 spiro atoms. The van der Waals surface area contributed by atoms with Crippen LogP contribution in [0.15, 0.2) is 23.1 Å². The first-order valence-electron chi connectivity index (χ1n) is 7.29. The second kappa shape index (κ2) is 6.86. The highest BCUT2D eigenvalue weighted by Gasteiger charge is 2.35. The first kappa shape index (κ1) is 18.3. The topological polar surface area (TPSA) is 113 Å². The Labute approximate surface area is 137 Å². The number of rotatable bonds is 6. The van der Waals surface area contributed by atoms with Gasteiger partial charge in [0.25, 0.3) is 0 Å². The van der Waals surface area contributed by atoms with Gasteiger partial charge in [-0.2, -0.15) is 0 Å². The molecular formula is C14H22N2O5S2. The molecule has 0 bridgehead atoms. The molecule has 0 amide bonds. The van der Waals surface area contributed by atoms with Crippen molar-refractivity contribution in [3.05, 3.63) is 29.3 Å². The Morgan fingerprint density at radius 3 is 2.52 bits per heavy atom. The van der Waals surface area contributed by atoms with Crippen LogP contribution in [-0.2, 0) is 19.9 Å². The van der Waals surface area contributed by atoms with E-state index in [1.165, 1.54) is 0 Å². The number of aliphatic hydroxyl groups is 1. The number of hydrogen-bond donors (Lipinski definition) is 3. The minimum Gasteiger partial charge on any atom is -0.390 e. The van der Waals surface area contributed by atoms with E-state index in [-0.39, 0.29) is 29.5 Å². The molecule has 0 aliphatic carbocycles. The molecule has 7 nitrogen and oxygen atoms in total. The van der Waals surface area contributed by atoms with Crippen molar-refractivity contribution in [1.82, 2.24) is 10.0 Å². The summed E-state index contributed by atoms with van der Waals surface area (Å²) >= 11 is 0. The van der Waals surface area contributed by atoms with Crippen LogP contribution >= 0.6 is 0 Å². The van der Waals surface area contributed by atoms with Gasteiger partial charge in [0, 0.05) is 19.1 Å². The van der Waals surface area contributed by atoms with Gasteiger partial charge in [-0.25, -0.2) is 21.6 Å². The van der Waals surface area contributed by atoms with Crippen LogP contribution in [0.25, 0.3) is 0 Å². The molecular weight excluding hydrogens is 340 g/mol. The predicted molar refractivity (Wildman–Crippen MR) is 87.6 cm³/mol. The van der Waals surface area contributed by atoms with E-state index in [1.807, 2.05) is 13.0 Å². The van der Waals surface area contributed by atoms with Gasteiger partial charge in [-0.3, -0.25) is 0 Å². The molecule has 9 heteroatoms. The lowest BCUT2D eigenvalue weighted by Gasteiger charge is -2.15. The van der Waals surface area contributed by atoms with Crippen LogP contribution in [-0.4, -0.2) is 58.7 Å². The number of aliphatic hydroxyl groups excluding tert-OH is 1. The molecule has 130 valence electrons. The van der Waals surface area contributed by atoms with E-state index in [4.69, 9.17) is 0 Å². The van der Waals surface area contributed by atoms with Gasteiger partial charge in [0.2, 0.25) is 10.0 Å². The highest BCUT2D eigenvalue weighted by molar-refractivity contribution is 7.91. The molecule has 2 atom stereocenters. The van der Waals surface area contributed by atoms with E-state index in [2.05, 4.69) is 10.0 Å². The Morgan fingerprint density at radius 2 is 1.91 bits per heavy atom. The average Bonchev–Trinajstić information content (AvgIpc) is 2.70. The van der Waals surface area contributed by atoms with Crippen LogP contribution in [0.1, 0.15) is 11.1 Å². The maximum Gasteiger partial charge on any atom is 0.240 e. The van der Waals surface area contributed by atoms with Crippen LogP contribution < -0.4 is 10.0 Å². The molecule has 1 saturated heterocycles. The first-order chi connectivity index (χ1) is 10.6. The molecule has 23 heavy (non-hydrogen) atoms. The summed E-state index contributed by atoms with van der Waals surface area (Å²) in [5.41, 5.74) is 1.52. The predicted octanol–water partition coefficient (Wildman–Crippen LogP) is -0.671. The molecule has 0 saturated carbocycles. The van der Waals surface area contributed by atoms with Crippen molar-refractivity contribution in [1.29, 1.82) is 0 Å². The molecule has 1 aromatic rings. The fourth-order valence-corrected chi connectivity index (χ4v) is 5.68. The summed E-state index contributed by atoms with van der Waals surface area (Å²) in [5.74, 6) is -0.378. The lowest BCUT2D eigenvalue weighted by atomic mass is 10.2. The van der Waals surface area contributed by atoms with E-state index in [0.29, 0.717) is 5.56 Å². The van der Waals surface area contributed by atoms with Gasteiger partial charge < -0.3 is 10.4 Å². The summed E-state index contributed by atoms with van der Waals surface area (Å²) in [4.78, 5) is 0.237. The molecule has 1 aliphatic heterocycles. The fourth-order valence-electron chi connectivity index (χ4n) is 2.54. The normalized spacial score (nSPS) is 24.0. The standard InChI is InChI=1S/C14H22N2O5S2/c1-10-3-4-11(2)14(7-10)23(20,21)16-6-5-15-12-8-22(18,19)9-13(12)17/h3-4,7,12-13,15-17H,5-6,8-9H2,1-2H3/t12-,13-/m0/s1. The second-order valence-corrected chi connectivity index (χ2v) is 9.76. The van der Waals surface area contributed by atoms with Crippen molar-refractivity contribution in [2.24, 2.45) is 0 Å². The summed E-state index contributed by atoms with van der Waals surface area (Å²) in [6.45, 7) is 3.90. The molecule has 1 heterocycles. The van der Waals surface area contributed by atoms with Gasteiger partial charge in [0.05, 0.1) is 22.5 Å². The van der Waals surface area contributed by atoms with Crippen molar-refractivity contribution < 1.29 is 21.9 Å². The Bertz CT molecular complexity index is 774. The van der Waals surface area contributed by atoms with Gasteiger partial charge in [-0.05, 0) is 31.0 Å². The molecule has 1 aromatic carbocycles. The molecule has 2 rings (SSSR count). The molecule has 0 radical (unpaired) electrons. The van der Waals surface area contributed by atoms with E-state index < -0.39 is 32.0 Å². The minimum atomic E-state index is -3.62. The second-order valence-electron chi connectivity index (χ2n) is 5.87. The van der Waals surface area contributed by atoms with Crippen molar-refractivity contribution in [3.63, 3.8) is 0 Å². The number of sulfone groups is 1. The zero-order chi connectivity index (χ0) is 17.3. The Hall–Kier alpha value is -1.00. The van der Waals surface area contributed by atoms with Crippen molar-refractivity contribution in [2.45, 2.75) is 30.9 Å². The van der Waals surface area contributed by atoms with Crippen LogP contribution in [0.5, 0.6) is 0 Å². The zero-order valence-electron chi connectivity index (χ0n) is 13.1. The maximum atomic E-state index is 12.3. The minimum absolute atomic E-state index is 0.110. The van der Waals surface area contributed by atoms with E-state index in [9.17, 15) is 21.9 Å². The number of nitrogens with one attached hydrogen (secondary N) is 2. The Balaban J connectivity index is 1.90. The van der Waals surface area contributed by atoms with Crippen LogP contribution in [0.2, 0.25) is 0 Å². The lowest BCUT2D eigenvalue weighted by molar-refractivity contribution is 0.166. The lowest BCUT2D eigenvalue weighted by Crippen LogP contribution is -2.42. The van der Waals surface area contributed by atoms with Gasteiger partial charge in [0.15, 0.2) is 9.84 Å². The number of hydrogen-bond acceptors (Lipinski definition) is 6. The highest BCUT2D eigenvalue weighted by atomic mass is 32.2. The summed E-state index contributed by atoms with van der Waals surface area (Å²) in [5, 5.41) is 12.5. The molecule has 0 unspecified atom stereocenters. The summed E-state index contributed by atoms with van der Waals surface area (Å²) in [7, 11) is -6.83. The number of benzene rings is 1. The monoisotopic (exact) mass is 362 g/mol. The SMILES string of the molecule is Cc1ccc(C)c(S(=O)(=O)NCCN[C@H]2CS(=O)(=O)C[C@@H]2O)c1. The van der Waals surface area contributed by atoms with Gasteiger partial charge in [-0.1, -0.05) is 12.1 Å². The summed E-state index contributed by atoms with van der Waals surface area (Å²) < 4.78 is 49.8. The first-order valence-corrected chi connectivity index (χ1v) is 10.6. The highest BCUT2D eigenvalue weighted by Crippen LogP contribution is 2.16. The smallest absolute Gasteiger partial charge is 0.240 e. The van der Waals surface area contributed by atoms with Crippen LogP contribution in [0.3, 0.4) is 0 Å². The average molecular weight is 362 g/mol. The van der Waals surface area contributed by atoms with E-state index in [1.54, 1.807) is 19.1 Å². The summed E-state index contributed by atoms with van der Waals surface area (Å²) in [6, 6.07) is 4.66. The molecule has 3 N–H and O–H groups in total. The third kappa shape index (κ3) is 4.74. The fraction of sp³-hybridized carbons (Fsp3) is 0.571. The van der Waals surface area contributed by atoms with Crippen LogP contribution in [0, 0.1) is 13.8 Å². The molecule has 0 aromatic heterocycles. The largest absolute Gasteiger partial charge is 0.390 e. The van der Waals surface area contributed by atoms with Gasteiger partial charge >= 0.3 is 0 Å². The third-order valence-electron chi connectivity index (χ3n) is 3.78. The van der Waals surface area contributed by atoms with E-state index in [0.717, 1.165) is 5.56 Å². The maximum absolute atomic E-state index is 12.3. The van der Waals surface area contributed by atoms with Crippen LogP contribution in [0.4, 0.5) is 0 Å². The number of sulfonamides is 1.